The van der Waals surface area contributed by atoms with Crippen molar-refractivity contribution in [3.05, 3.63) is 20.7 Å². The molecular formula is C9H14N2O3S. The lowest BCUT2D eigenvalue weighted by Gasteiger charge is -2.01. The highest BCUT2D eigenvalue weighted by atomic mass is 32.1. The molecule has 0 aliphatic carbocycles. The zero-order valence-corrected chi connectivity index (χ0v) is 9.10. The lowest BCUT2D eigenvalue weighted by Crippen LogP contribution is -2.15. The Morgan fingerprint density at radius 1 is 1.53 bits per heavy atom. The second-order valence-corrected chi connectivity index (χ2v) is 4.04. The van der Waals surface area contributed by atoms with Crippen LogP contribution in [0.4, 0.5) is 0 Å². The highest BCUT2D eigenvalue weighted by Gasteiger charge is 1.97. The van der Waals surface area contributed by atoms with Crippen molar-refractivity contribution >= 4 is 17.3 Å². The van der Waals surface area contributed by atoms with Gasteiger partial charge in [0.15, 0.2) is 0 Å². The molecular weight excluding hydrogens is 216 g/mol. The minimum atomic E-state index is -0.753. The molecule has 1 aromatic heterocycles. The number of hydrogen-bond donors (Lipinski definition) is 3. The van der Waals surface area contributed by atoms with E-state index in [1.165, 1.54) is 0 Å². The number of carbonyl (C=O) groups is 1. The Kier molecular flexibility index (Phi) is 5.06. The van der Waals surface area contributed by atoms with Gasteiger partial charge in [0.05, 0.1) is 0 Å². The Labute approximate surface area is 91.1 Å². The van der Waals surface area contributed by atoms with Crippen LogP contribution in [0.25, 0.3) is 0 Å². The molecule has 0 aromatic carbocycles. The van der Waals surface area contributed by atoms with E-state index in [4.69, 9.17) is 5.11 Å². The topological polar surface area (TPSA) is 82.2 Å². The highest BCUT2D eigenvalue weighted by Crippen LogP contribution is 1.96. The van der Waals surface area contributed by atoms with Crippen LogP contribution in [-0.4, -0.2) is 22.6 Å². The second kappa shape index (κ2) is 6.36. The molecule has 3 N–H and O–H groups in total. The summed E-state index contributed by atoms with van der Waals surface area (Å²) in [7, 11) is 0. The summed E-state index contributed by atoms with van der Waals surface area (Å²) < 4.78 is 0. The van der Waals surface area contributed by atoms with Crippen molar-refractivity contribution in [3.8, 4) is 0 Å². The Hall–Kier alpha value is -1.14. The number of H-pyrrole nitrogens is 1. The number of aliphatic carboxylic acids is 1. The van der Waals surface area contributed by atoms with Crippen LogP contribution < -0.4 is 10.2 Å². The number of aromatic nitrogens is 1. The molecule has 1 rings (SSSR count). The van der Waals surface area contributed by atoms with Gasteiger partial charge in [-0.1, -0.05) is 11.3 Å². The molecule has 84 valence electrons. The Balaban J connectivity index is 2.02. The number of carboxylic acid groups (broad SMARTS) is 1. The van der Waals surface area contributed by atoms with E-state index in [1.54, 1.807) is 5.38 Å². The molecule has 0 amide bonds. The number of thiazole rings is 1. The molecule has 1 aromatic rings. The fraction of sp³-hybridized carbons (Fsp3) is 0.556. The number of hydrogen-bond acceptors (Lipinski definition) is 4. The first-order chi connectivity index (χ1) is 7.18. The van der Waals surface area contributed by atoms with Crippen LogP contribution >= 0.6 is 11.3 Å². The van der Waals surface area contributed by atoms with Crippen LogP contribution in [0.3, 0.4) is 0 Å². The van der Waals surface area contributed by atoms with Crippen LogP contribution in [0, 0.1) is 0 Å². The third-order valence-corrected chi connectivity index (χ3v) is 2.60. The van der Waals surface area contributed by atoms with Gasteiger partial charge in [-0.05, 0) is 19.4 Å². The minimum Gasteiger partial charge on any atom is -0.481 e. The monoisotopic (exact) mass is 230 g/mol. The number of carboxylic acids is 1. The molecule has 0 radical (unpaired) electrons. The maximum atomic E-state index is 10.8. The van der Waals surface area contributed by atoms with Crippen molar-refractivity contribution in [1.29, 1.82) is 0 Å². The molecule has 0 bridgehead atoms. The quantitative estimate of drug-likeness (QED) is 0.604. The zero-order chi connectivity index (χ0) is 11.1. The van der Waals surface area contributed by atoms with E-state index in [2.05, 4.69) is 10.3 Å². The normalized spacial score (nSPS) is 10.4. The van der Waals surface area contributed by atoms with Crippen LogP contribution in [0.1, 0.15) is 25.0 Å². The summed E-state index contributed by atoms with van der Waals surface area (Å²) in [5.41, 5.74) is 0.878. The van der Waals surface area contributed by atoms with Gasteiger partial charge in [0.25, 0.3) is 0 Å². The van der Waals surface area contributed by atoms with Gasteiger partial charge in [0, 0.05) is 24.0 Å². The molecule has 0 aliphatic heterocycles. The minimum absolute atomic E-state index is 0.0438. The van der Waals surface area contributed by atoms with Crippen LogP contribution in [0.15, 0.2) is 10.2 Å². The van der Waals surface area contributed by atoms with E-state index < -0.39 is 5.97 Å². The first kappa shape index (κ1) is 11.9. The predicted octanol–water partition coefficient (Wildman–Crippen LogP) is 0.781. The maximum absolute atomic E-state index is 10.8. The van der Waals surface area contributed by atoms with Crippen molar-refractivity contribution in [2.45, 2.75) is 25.8 Å². The summed E-state index contributed by atoms with van der Waals surface area (Å²) in [6.45, 7) is 1.40. The van der Waals surface area contributed by atoms with Gasteiger partial charge in [-0.3, -0.25) is 9.59 Å². The van der Waals surface area contributed by atoms with Gasteiger partial charge in [-0.25, -0.2) is 0 Å². The summed E-state index contributed by atoms with van der Waals surface area (Å²) in [5.74, 6) is -0.753. The molecule has 0 saturated heterocycles. The van der Waals surface area contributed by atoms with E-state index in [0.29, 0.717) is 13.0 Å². The zero-order valence-electron chi connectivity index (χ0n) is 8.28. The van der Waals surface area contributed by atoms with E-state index >= 15 is 0 Å². The summed E-state index contributed by atoms with van der Waals surface area (Å²) >= 11 is 1.15. The summed E-state index contributed by atoms with van der Waals surface area (Å²) in [6.07, 6.45) is 1.74. The van der Waals surface area contributed by atoms with E-state index in [1.807, 2.05) is 0 Å². The van der Waals surface area contributed by atoms with Crippen molar-refractivity contribution in [2.75, 3.05) is 6.54 Å². The third kappa shape index (κ3) is 5.34. The summed E-state index contributed by atoms with van der Waals surface area (Å²) in [6, 6.07) is 0. The van der Waals surface area contributed by atoms with Gasteiger partial charge in [-0.15, -0.1) is 0 Å². The molecule has 0 unspecified atom stereocenters. The van der Waals surface area contributed by atoms with E-state index in [-0.39, 0.29) is 11.3 Å². The van der Waals surface area contributed by atoms with Gasteiger partial charge in [0.2, 0.25) is 0 Å². The molecule has 0 spiro atoms. The third-order valence-electron chi connectivity index (χ3n) is 1.88. The maximum Gasteiger partial charge on any atom is 0.304 e. The summed E-state index contributed by atoms with van der Waals surface area (Å²) in [4.78, 5) is 23.6. The second-order valence-electron chi connectivity index (χ2n) is 3.20. The van der Waals surface area contributed by atoms with Crippen molar-refractivity contribution in [1.82, 2.24) is 10.3 Å². The lowest BCUT2D eigenvalue weighted by atomic mass is 10.2. The fourth-order valence-corrected chi connectivity index (χ4v) is 1.73. The molecule has 5 nitrogen and oxygen atoms in total. The Bertz CT molecular complexity index is 358. The van der Waals surface area contributed by atoms with Crippen LogP contribution in [0.5, 0.6) is 0 Å². The molecule has 0 saturated carbocycles. The standard InChI is InChI=1S/C9H14N2O3S/c12-8(13)3-1-2-4-10-5-7-6-15-9(14)11-7/h6,10H,1-5H2,(H,11,14)(H,12,13). The Morgan fingerprint density at radius 3 is 2.93 bits per heavy atom. The number of unbranched alkanes of at least 4 members (excludes halogenated alkanes) is 1. The molecule has 1 heterocycles. The van der Waals surface area contributed by atoms with E-state index in [9.17, 15) is 9.59 Å². The van der Waals surface area contributed by atoms with Crippen molar-refractivity contribution < 1.29 is 9.90 Å². The fourth-order valence-electron chi connectivity index (χ4n) is 1.15. The molecule has 6 heteroatoms. The molecule has 15 heavy (non-hydrogen) atoms. The first-order valence-electron chi connectivity index (χ1n) is 4.77. The predicted molar refractivity (Wildman–Crippen MR) is 58.1 cm³/mol. The van der Waals surface area contributed by atoms with Gasteiger partial charge in [0.1, 0.15) is 0 Å². The molecule has 0 atom stereocenters. The highest BCUT2D eigenvalue weighted by molar-refractivity contribution is 7.07. The number of rotatable bonds is 7. The SMILES string of the molecule is O=C(O)CCCCNCc1csc(=O)[nH]1. The van der Waals surface area contributed by atoms with Gasteiger partial charge in [-0.2, -0.15) is 0 Å². The first-order valence-corrected chi connectivity index (χ1v) is 5.65. The van der Waals surface area contributed by atoms with Gasteiger partial charge < -0.3 is 15.4 Å². The Morgan fingerprint density at radius 2 is 2.33 bits per heavy atom. The average Bonchev–Trinajstić information content (AvgIpc) is 2.57. The smallest absolute Gasteiger partial charge is 0.304 e. The van der Waals surface area contributed by atoms with Gasteiger partial charge >= 0.3 is 10.8 Å². The lowest BCUT2D eigenvalue weighted by molar-refractivity contribution is -0.137. The van der Waals surface area contributed by atoms with Crippen molar-refractivity contribution in [3.63, 3.8) is 0 Å². The van der Waals surface area contributed by atoms with E-state index in [0.717, 1.165) is 30.0 Å². The average molecular weight is 230 g/mol. The number of aromatic amines is 1. The largest absolute Gasteiger partial charge is 0.481 e. The molecule has 0 fully saturated rings. The molecule has 0 aliphatic rings. The van der Waals surface area contributed by atoms with Crippen LogP contribution in [-0.2, 0) is 11.3 Å². The van der Waals surface area contributed by atoms with Crippen LogP contribution in [0.2, 0.25) is 0 Å². The number of nitrogens with one attached hydrogen (secondary N) is 2. The van der Waals surface area contributed by atoms with Crippen molar-refractivity contribution in [2.24, 2.45) is 0 Å². The summed E-state index contributed by atoms with van der Waals surface area (Å²) in [5, 5.41) is 13.3.